The predicted molar refractivity (Wildman–Crippen MR) is 89.0 cm³/mol. The number of hydrogen-bond acceptors (Lipinski definition) is 10. The van der Waals surface area contributed by atoms with Gasteiger partial charge in [-0.25, -0.2) is 0 Å². The van der Waals surface area contributed by atoms with E-state index in [0.717, 1.165) is 20.8 Å². The van der Waals surface area contributed by atoms with E-state index in [2.05, 4.69) is 9.97 Å². The number of ether oxygens (including phenoxy) is 4. The SMILES string of the molecule is CC(=O)OC[C@@H](OC(C)=O)[C@@H](OC(C)=O)[C@H](OC(C)=O)c1cncc(C)n1. The fourth-order valence-corrected chi connectivity index (χ4v) is 2.23. The van der Waals surface area contributed by atoms with Crippen molar-refractivity contribution in [1.82, 2.24) is 9.97 Å². The lowest BCUT2D eigenvalue weighted by Crippen LogP contribution is -2.43. The number of carbonyl (C=O) groups excluding carboxylic acids is 4. The largest absolute Gasteiger partial charge is 0.462 e. The Kier molecular flexibility index (Phi) is 8.31. The lowest BCUT2D eigenvalue weighted by molar-refractivity contribution is -0.190. The van der Waals surface area contributed by atoms with Gasteiger partial charge in [-0.3, -0.25) is 29.1 Å². The van der Waals surface area contributed by atoms with E-state index < -0.39 is 48.8 Å². The van der Waals surface area contributed by atoms with Gasteiger partial charge in [-0.05, 0) is 6.92 Å². The minimum absolute atomic E-state index is 0.177. The van der Waals surface area contributed by atoms with Crippen molar-refractivity contribution in [2.75, 3.05) is 6.61 Å². The van der Waals surface area contributed by atoms with Crippen molar-refractivity contribution in [3.8, 4) is 0 Å². The topological polar surface area (TPSA) is 131 Å². The molecular weight excluding hydrogens is 360 g/mol. The van der Waals surface area contributed by atoms with E-state index in [1.807, 2.05) is 0 Å². The van der Waals surface area contributed by atoms with Crippen LogP contribution in [0.2, 0.25) is 0 Å². The van der Waals surface area contributed by atoms with Gasteiger partial charge in [0, 0.05) is 33.9 Å². The van der Waals surface area contributed by atoms with Gasteiger partial charge in [-0.2, -0.15) is 0 Å². The van der Waals surface area contributed by atoms with Crippen molar-refractivity contribution in [3.05, 3.63) is 23.8 Å². The molecule has 10 nitrogen and oxygen atoms in total. The Morgan fingerprint density at radius 1 is 0.889 bits per heavy atom. The van der Waals surface area contributed by atoms with Crippen molar-refractivity contribution in [1.29, 1.82) is 0 Å². The summed E-state index contributed by atoms with van der Waals surface area (Å²) in [6, 6.07) is 0. The molecule has 0 fully saturated rings. The van der Waals surface area contributed by atoms with Crippen molar-refractivity contribution >= 4 is 23.9 Å². The van der Waals surface area contributed by atoms with Gasteiger partial charge in [0.15, 0.2) is 18.3 Å². The first-order valence-electron chi connectivity index (χ1n) is 8.03. The number of rotatable bonds is 8. The average molecular weight is 382 g/mol. The summed E-state index contributed by atoms with van der Waals surface area (Å²) in [7, 11) is 0. The Morgan fingerprint density at radius 2 is 1.48 bits per heavy atom. The quantitative estimate of drug-likeness (QED) is 0.470. The summed E-state index contributed by atoms with van der Waals surface area (Å²) in [5.74, 6) is -2.75. The highest BCUT2D eigenvalue weighted by Gasteiger charge is 2.40. The van der Waals surface area contributed by atoms with E-state index in [4.69, 9.17) is 18.9 Å². The summed E-state index contributed by atoms with van der Waals surface area (Å²) in [5, 5.41) is 0. The molecule has 0 unspecified atom stereocenters. The number of carbonyl (C=O) groups is 4. The van der Waals surface area contributed by atoms with E-state index in [1.165, 1.54) is 19.3 Å². The van der Waals surface area contributed by atoms with Crippen molar-refractivity contribution < 1.29 is 38.1 Å². The van der Waals surface area contributed by atoms with Gasteiger partial charge in [0.1, 0.15) is 12.3 Å². The molecule has 0 saturated heterocycles. The first-order valence-corrected chi connectivity index (χ1v) is 8.03. The molecule has 0 amide bonds. The van der Waals surface area contributed by atoms with Crippen LogP contribution in [0.4, 0.5) is 0 Å². The zero-order valence-corrected chi connectivity index (χ0v) is 15.8. The Bertz CT molecular complexity index is 706. The molecule has 0 N–H and O–H groups in total. The summed E-state index contributed by atoms with van der Waals surface area (Å²) >= 11 is 0. The molecule has 0 saturated carbocycles. The van der Waals surface area contributed by atoms with Crippen LogP contribution in [0.15, 0.2) is 12.4 Å². The first kappa shape index (κ1) is 22.0. The second-order valence-electron chi connectivity index (χ2n) is 5.64. The maximum Gasteiger partial charge on any atom is 0.303 e. The molecule has 27 heavy (non-hydrogen) atoms. The third kappa shape index (κ3) is 7.80. The van der Waals surface area contributed by atoms with E-state index in [0.29, 0.717) is 5.69 Å². The van der Waals surface area contributed by atoms with Crippen LogP contribution in [0, 0.1) is 6.92 Å². The van der Waals surface area contributed by atoms with Gasteiger partial charge in [0.05, 0.1) is 11.9 Å². The van der Waals surface area contributed by atoms with Crippen molar-refractivity contribution in [2.24, 2.45) is 0 Å². The molecule has 0 aliphatic heterocycles. The second-order valence-corrected chi connectivity index (χ2v) is 5.64. The smallest absolute Gasteiger partial charge is 0.303 e. The molecule has 0 aliphatic rings. The van der Waals surface area contributed by atoms with Crippen LogP contribution in [0.25, 0.3) is 0 Å². The second kappa shape index (κ2) is 10.2. The van der Waals surface area contributed by atoms with Crippen LogP contribution in [0.1, 0.15) is 45.2 Å². The van der Waals surface area contributed by atoms with Crippen LogP contribution in [-0.2, 0) is 38.1 Å². The fourth-order valence-electron chi connectivity index (χ4n) is 2.23. The molecular formula is C17H22N2O8. The minimum Gasteiger partial charge on any atom is -0.462 e. The van der Waals surface area contributed by atoms with Crippen LogP contribution < -0.4 is 0 Å². The molecule has 1 heterocycles. The lowest BCUT2D eigenvalue weighted by atomic mass is 10.0. The highest BCUT2D eigenvalue weighted by molar-refractivity contribution is 5.69. The highest BCUT2D eigenvalue weighted by Crippen LogP contribution is 2.27. The van der Waals surface area contributed by atoms with Gasteiger partial charge in [-0.15, -0.1) is 0 Å². The van der Waals surface area contributed by atoms with Crippen LogP contribution in [0.5, 0.6) is 0 Å². The normalized spacial score (nSPS) is 13.7. The molecule has 0 aromatic carbocycles. The summed E-state index contributed by atoms with van der Waals surface area (Å²) in [6.45, 7) is 5.86. The summed E-state index contributed by atoms with van der Waals surface area (Å²) < 4.78 is 20.6. The van der Waals surface area contributed by atoms with Crippen molar-refractivity contribution in [2.45, 2.75) is 52.9 Å². The van der Waals surface area contributed by atoms with E-state index in [9.17, 15) is 19.2 Å². The molecule has 3 atom stereocenters. The zero-order chi connectivity index (χ0) is 20.6. The molecule has 1 aromatic rings. The predicted octanol–water partition coefficient (Wildman–Crippen LogP) is 0.816. The van der Waals surface area contributed by atoms with Crippen molar-refractivity contribution in [3.63, 3.8) is 0 Å². The molecule has 1 aromatic heterocycles. The van der Waals surface area contributed by atoms with Gasteiger partial charge in [0.25, 0.3) is 0 Å². The van der Waals surface area contributed by atoms with Gasteiger partial charge in [0.2, 0.25) is 0 Å². The number of esters is 4. The maximum atomic E-state index is 11.6. The number of aromatic nitrogens is 2. The minimum atomic E-state index is -1.31. The zero-order valence-electron chi connectivity index (χ0n) is 15.8. The third-order valence-corrected chi connectivity index (χ3v) is 3.09. The first-order chi connectivity index (χ1) is 12.6. The van der Waals surface area contributed by atoms with Crippen LogP contribution in [0.3, 0.4) is 0 Å². The Labute approximate surface area is 156 Å². The van der Waals surface area contributed by atoms with E-state index in [1.54, 1.807) is 6.92 Å². The van der Waals surface area contributed by atoms with E-state index >= 15 is 0 Å². The number of aryl methyl sites for hydroxylation is 1. The molecule has 10 heteroatoms. The monoisotopic (exact) mass is 382 g/mol. The number of hydrogen-bond donors (Lipinski definition) is 0. The van der Waals surface area contributed by atoms with Crippen LogP contribution >= 0.6 is 0 Å². The lowest BCUT2D eigenvalue weighted by Gasteiger charge is -2.31. The fraction of sp³-hybridized carbons (Fsp3) is 0.529. The molecule has 0 aliphatic carbocycles. The van der Waals surface area contributed by atoms with Gasteiger partial charge < -0.3 is 18.9 Å². The molecule has 148 valence electrons. The standard InChI is InChI=1S/C17H22N2O8/c1-9-6-18-7-14(19-9)16(26-12(4)22)17(27-13(5)23)15(25-11(3)21)8-24-10(2)20/h6-7,15-17H,8H2,1-5H3/t15-,16-,17-/m1/s1. The average Bonchev–Trinajstić information content (AvgIpc) is 2.54. The molecule has 0 bridgehead atoms. The Hall–Kier alpha value is -3.04. The molecule has 0 spiro atoms. The maximum absolute atomic E-state index is 11.6. The van der Waals surface area contributed by atoms with Gasteiger partial charge in [-0.1, -0.05) is 0 Å². The summed E-state index contributed by atoms with van der Waals surface area (Å²) in [5.41, 5.74) is 0.701. The third-order valence-electron chi connectivity index (χ3n) is 3.09. The molecule has 0 radical (unpaired) electrons. The molecule has 1 rings (SSSR count). The number of nitrogens with zero attached hydrogens (tertiary/aromatic N) is 2. The summed E-state index contributed by atoms with van der Waals surface area (Å²) in [6.07, 6.45) is -0.975. The highest BCUT2D eigenvalue weighted by atomic mass is 16.6. The van der Waals surface area contributed by atoms with Gasteiger partial charge >= 0.3 is 23.9 Å². The van der Waals surface area contributed by atoms with Crippen LogP contribution in [-0.4, -0.2) is 52.7 Å². The van der Waals surface area contributed by atoms with E-state index in [-0.39, 0.29) is 5.69 Å². The Balaban J connectivity index is 3.35. The Morgan fingerprint density at radius 3 is 1.96 bits per heavy atom. The summed E-state index contributed by atoms with van der Waals surface area (Å²) in [4.78, 5) is 54.1.